The normalized spacial score (nSPS) is 9.85. The van der Waals surface area contributed by atoms with Crippen LogP contribution in [0.15, 0.2) is 42.5 Å². The van der Waals surface area contributed by atoms with E-state index in [1.54, 1.807) is 13.2 Å². The van der Waals surface area contributed by atoms with E-state index in [1.165, 1.54) is 0 Å². The van der Waals surface area contributed by atoms with Gasteiger partial charge in [-0.1, -0.05) is 18.2 Å². The third-order valence-corrected chi connectivity index (χ3v) is 2.95. The highest BCUT2D eigenvalue weighted by atomic mass is 16.5. The Morgan fingerprint density at radius 2 is 1.80 bits per heavy atom. The maximum atomic E-state index is 8.93. The molecule has 20 heavy (non-hydrogen) atoms. The van der Waals surface area contributed by atoms with Crippen LogP contribution < -0.4 is 15.2 Å². The second-order valence-corrected chi connectivity index (χ2v) is 4.28. The molecule has 102 valence electrons. The Bertz CT molecular complexity index is 615. The Labute approximate surface area is 118 Å². The molecule has 0 atom stereocenters. The van der Waals surface area contributed by atoms with Gasteiger partial charge in [0.2, 0.25) is 0 Å². The van der Waals surface area contributed by atoms with Gasteiger partial charge in [-0.15, -0.1) is 0 Å². The average molecular weight is 268 g/mol. The standard InChI is InChI=1S/C16H16N2O2/c1-19-16-8-13(2-5-14(16)10-18)11-20-15-6-3-12(9-17)4-7-15/h2-8H,9,11,17H2,1H3. The Morgan fingerprint density at radius 3 is 2.40 bits per heavy atom. The molecule has 0 bridgehead atoms. The summed E-state index contributed by atoms with van der Waals surface area (Å²) in [6.07, 6.45) is 0. The summed E-state index contributed by atoms with van der Waals surface area (Å²) in [5.74, 6) is 1.35. The lowest BCUT2D eigenvalue weighted by Gasteiger charge is -2.09. The van der Waals surface area contributed by atoms with Crippen LogP contribution in [0, 0.1) is 11.3 Å². The van der Waals surface area contributed by atoms with Crippen LogP contribution in [0.2, 0.25) is 0 Å². The summed E-state index contributed by atoms with van der Waals surface area (Å²) in [5.41, 5.74) is 8.08. The highest BCUT2D eigenvalue weighted by Gasteiger charge is 2.04. The van der Waals surface area contributed by atoms with Gasteiger partial charge in [-0.2, -0.15) is 5.26 Å². The molecule has 2 N–H and O–H groups in total. The van der Waals surface area contributed by atoms with Gasteiger partial charge in [-0.3, -0.25) is 0 Å². The number of ether oxygens (including phenoxy) is 2. The Morgan fingerprint density at radius 1 is 1.10 bits per heavy atom. The summed E-state index contributed by atoms with van der Waals surface area (Å²) < 4.78 is 10.9. The number of hydrogen-bond donors (Lipinski definition) is 1. The summed E-state index contributed by atoms with van der Waals surface area (Å²) in [5, 5.41) is 8.93. The quantitative estimate of drug-likeness (QED) is 0.905. The number of nitrogens with zero attached hydrogens (tertiary/aromatic N) is 1. The van der Waals surface area contributed by atoms with E-state index in [1.807, 2.05) is 36.4 Å². The van der Waals surface area contributed by atoms with Gasteiger partial charge in [-0.05, 0) is 35.4 Å². The first-order chi connectivity index (χ1) is 9.76. The number of nitrogens with two attached hydrogens (primary N) is 1. The van der Waals surface area contributed by atoms with Gasteiger partial charge in [0, 0.05) is 6.54 Å². The summed E-state index contributed by atoms with van der Waals surface area (Å²) in [6, 6.07) is 15.1. The van der Waals surface area contributed by atoms with E-state index in [-0.39, 0.29) is 0 Å². The van der Waals surface area contributed by atoms with Gasteiger partial charge in [0.15, 0.2) is 0 Å². The predicted molar refractivity (Wildman–Crippen MR) is 76.4 cm³/mol. The molecule has 0 radical (unpaired) electrons. The molecule has 0 unspecified atom stereocenters. The van der Waals surface area contributed by atoms with E-state index < -0.39 is 0 Å². The van der Waals surface area contributed by atoms with Crippen LogP contribution in [0.1, 0.15) is 16.7 Å². The summed E-state index contributed by atoms with van der Waals surface area (Å²) in [7, 11) is 1.55. The van der Waals surface area contributed by atoms with Gasteiger partial charge < -0.3 is 15.2 Å². The summed E-state index contributed by atoms with van der Waals surface area (Å²) >= 11 is 0. The smallest absolute Gasteiger partial charge is 0.137 e. The minimum absolute atomic E-state index is 0.421. The first-order valence-electron chi connectivity index (χ1n) is 6.25. The minimum atomic E-state index is 0.421. The molecule has 0 heterocycles. The Hall–Kier alpha value is -2.51. The monoisotopic (exact) mass is 268 g/mol. The van der Waals surface area contributed by atoms with Gasteiger partial charge in [0.05, 0.1) is 12.7 Å². The largest absolute Gasteiger partial charge is 0.495 e. The molecule has 0 aromatic heterocycles. The van der Waals surface area contributed by atoms with Crippen LogP contribution in [-0.4, -0.2) is 7.11 Å². The van der Waals surface area contributed by atoms with Crippen molar-refractivity contribution in [3.63, 3.8) is 0 Å². The zero-order chi connectivity index (χ0) is 14.4. The van der Waals surface area contributed by atoms with Gasteiger partial charge in [0.1, 0.15) is 24.2 Å². The first-order valence-corrected chi connectivity index (χ1v) is 6.25. The number of hydrogen-bond acceptors (Lipinski definition) is 4. The van der Waals surface area contributed by atoms with Gasteiger partial charge in [0.25, 0.3) is 0 Å². The zero-order valence-corrected chi connectivity index (χ0v) is 11.3. The molecule has 2 aromatic rings. The van der Waals surface area contributed by atoms with E-state index in [2.05, 4.69) is 6.07 Å². The first kappa shape index (κ1) is 13.9. The Balaban J connectivity index is 2.05. The van der Waals surface area contributed by atoms with Crippen LogP contribution in [-0.2, 0) is 13.2 Å². The van der Waals surface area contributed by atoms with E-state index in [4.69, 9.17) is 20.5 Å². The van der Waals surface area contributed by atoms with E-state index in [9.17, 15) is 0 Å². The molecule has 4 heteroatoms. The molecule has 0 aliphatic rings. The van der Waals surface area contributed by atoms with Crippen molar-refractivity contribution in [1.29, 1.82) is 5.26 Å². The molecule has 2 rings (SSSR count). The average Bonchev–Trinajstić information content (AvgIpc) is 2.53. The third kappa shape index (κ3) is 3.28. The molecule has 0 saturated carbocycles. The Kier molecular flexibility index (Phi) is 4.59. The van der Waals surface area contributed by atoms with Crippen LogP contribution in [0.4, 0.5) is 0 Å². The fraction of sp³-hybridized carbons (Fsp3) is 0.188. The molecule has 2 aromatic carbocycles. The molecule has 0 aliphatic heterocycles. The topological polar surface area (TPSA) is 68.3 Å². The SMILES string of the molecule is COc1cc(COc2ccc(CN)cc2)ccc1C#N. The van der Waals surface area contributed by atoms with Gasteiger partial charge >= 0.3 is 0 Å². The lowest BCUT2D eigenvalue weighted by atomic mass is 10.1. The number of rotatable bonds is 5. The third-order valence-electron chi connectivity index (χ3n) is 2.95. The zero-order valence-electron chi connectivity index (χ0n) is 11.3. The van der Waals surface area contributed by atoms with Crippen LogP contribution in [0.25, 0.3) is 0 Å². The van der Waals surface area contributed by atoms with Crippen molar-refractivity contribution in [2.24, 2.45) is 5.73 Å². The molecular weight excluding hydrogens is 252 g/mol. The van der Waals surface area contributed by atoms with Crippen molar-refractivity contribution < 1.29 is 9.47 Å². The summed E-state index contributed by atoms with van der Waals surface area (Å²) in [4.78, 5) is 0. The molecule has 0 aliphatic carbocycles. The fourth-order valence-corrected chi connectivity index (χ4v) is 1.81. The molecule has 0 amide bonds. The lowest BCUT2D eigenvalue weighted by molar-refractivity contribution is 0.305. The predicted octanol–water partition coefficient (Wildman–Crippen LogP) is 2.60. The van der Waals surface area contributed by atoms with Gasteiger partial charge in [-0.25, -0.2) is 0 Å². The molecule has 0 fully saturated rings. The van der Waals surface area contributed by atoms with Crippen molar-refractivity contribution in [3.8, 4) is 17.6 Å². The van der Waals surface area contributed by atoms with Crippen LogP contribution >= 0.6 is 0 Å². The highest BCUT2D eigenvalue weighted by Crippen LogP contribution is 2.21. The van der Waals surface area contributed by atoms with Crippen LogP contribution in [0.5, 0.6) is 11.5 Å². The number of methoxy groups -OCH3 is 1. The fourth-order valence-electron chi connectivity index (χ4n) is 1.81. The van der Waals surface area contributed by atoms with E-state index in [0.29, 0.717) is 24.5 Å². The van der Waals surface area contributed by atoms with Crippen molar-refractivity contribution in [2.45, 2.75) is 13.2 Å². The van der Waals surface area contributed by atoms with Crippen molar-refractivity contribution in [1.82, 2.24) is 0 Å². The molecule has 0 spiro atoms. The number of nitriles is 1. The van der Waals surface area contributed by atoms with Crippen molar-refractivity contribution in [3.05, 3.63) is 59.2 Å². The van der Waals surface area contributed by atoms with Crippen LogP contribution in [0.3, 0.4) is 0 Å². The maximum Gasteiger partial charge on any atom is 0.137 e. The second-order valence-electron chi connectivity index (χ2n) is 4.28. The van der Waals surface area contributed by atoms with Crippen molar-refractivity contribution >= 4 is 0 Å². The summed E-state index contributed by atoms with van der Waals surface area (Å²) in [6.45, 7) is 0.942. The molecule has 4 nitrogen and oxygen atoms in total. The second kappa shape index (κ2) is 6.60. The molecule has 0 saturated heterocycles. The van der Waals surface area contributed by atoms with Crippen molar-refractivity contribution in [2.75, 3.05) is 7.11 Å². The van der Waals surface area contributed by atoms with E-state index >= 15 is 0 Å². The molecular formula is C16H16N2O2. The lowest BCUT2D eigenvalue weighted by Crippen LogP contribution is -1.99. The van der Waals surface area contributed by atoms with E-state index in [0.717, 1.165) is 16.9 Å². The highest BCUT2D eigenvalue weighted by molar-refractivity contribution is 5.45. The number of benzene rings is 2. The minimum Gasteiger partial charge on any atom is -0.495 e. The maximum absolute atomic E-state index is 8.93.